The van der Waals surface area contributed by atoms with E-state index in [4.69, 9.17) is 0 Å². The first kappa shape index (κ1) is 48.2. The summed E-state index contributed by atoms with van der Waals surface area (Å²) in [5, 5.41) is -8.10. The van der Waals surface area contributed by atoms with Crippen LogP contribution in [0.25, 0.3) is 32.7 Å². The molecule has 0 N–H and O–H groups in total. The predicted octanol–water partition coefficient (Wildman–Crippen LogP) is 13.7. The minimum absolute atomic E-state index is 0.0795. The molecule has 8 aromatic carbocycles. The Morgan fingerprint density at radius 1 is 0.235 bits per heavy atom. The number of halogens is 20. The number of benzene rings is 8. The molecule has 0 heterocycles. The van der Waals surface area contributed by atoms with Gasteiger partial charge in [0, 0.05) is 12.3 Å². The standard InChI is InChI=1S/C46H16F20P2/c47-23-27(51)35(59)43(36(60)28(23)52)67(44-37(61)29(53)24(48)30(54)38(44)62)13-17-11-9-15-5-1-3-7-19(15)21(17)22-18(12-10-16-6-2-4-8-20(16)22)14-68(45-39(63)31(55)25(49)32(56)40(45)64)46-41(65)33(57)26(50)34(58)42(46)66/h1-12H,13-14H2. The van der Waals surface area contributed by atoms with Crippen molar-refractivity contribution < 1.29 is 87.8 Å². The van der Waals surface area contributed by atoms with E-state index >= 15 is 35.1 Å². The van der Waals surface area contributed by atoms with Gasteiger partial charge in [0.1, 0.15) is 0 Å². The van der Waals surface area contributed by atoms with Crippen LogP contribution in [-0.2, 0) is 12.3 Å². The molecule has 0 aliphatic heterocycles. The average Bonchev–Trinajstić information content (AvgIpc) is 3.33. The van der Waals surface area contributed by atoms with Crippen LogP contribution in [0.15, 0.2) is 72.8 Å². The minimum atomic E-state index is -4.07. The highest BCUT2D eigenvalue weighted by Gasteiger charge is 2.40. The Kier molecular flexibility index (Phi) is 12.8. The molecule has 0 aliphatic carbocycles. The second kappa shape index (κ2) is 18.0. The molecule has 0 saturated carbocycles. The molecule has 350 valence electrons. The van der Waals surface area contributed by atoms with Gasteiger partial charge in [-0.3, -0.25) is 0 Å². The first-order valence-corrected chi connectivity index (χ1v) is 21.8. The summed E-state index contributed by atoms with van der Waals surface area (Å²) in [6, 6.07) is 15.1. The molecule has 0 aliphatic rings. The zero-order valence-corrected chi connectivity index (χ0v) is 34.6. The van der Waals surface area contributed by atoms with E-state index in [0.29, 0.717) is 0 Å². The average molecular weight is 1010 g/mol. The second-order valence-corrected chi connectivity index (χ2v) is 18.6. The van der Waals surface area contributed by atoms with Gasteiger partial charge < -0.3 is 0 Å². The van der Waals surface area contributed by atoms with Crippen molar-refractivity contribution in [3.8, 4) is 11.1 Å². The van der Waals surface area contributed by atoms with E-state index in [1.165, 1.54) is 60.7 Å². The molecule has 0 fully saturated rings. The van der Waals surface area contributed by atoms with Gasteiger partial charge in [-0.2, -0.15) is 0 Å². The smallest absolute Gasteiger partial charge is 0.200 e. The fourth-order valence-electron chi connectivity index (χ4n) is 7.69. The van der Waals surface area contributed by atoms with Crippen LogP contribution in [0.4, 0.5) is 87.8 Å². The van der Waals surface area contributed by atoms with Crippen molar-refractivity contribution in [3.05, 3.63) is 200 Å². The van der Waals surface area contributed by atoms with E-state index in [2.05, 4.69) is 0 Å². The zero-order chi connectivity index (χ0) is 49.5. The zero-order valence-electron chi connectivity index (χ0n) is 32.8. The monoisotopic (exact) mass is 1010 g/mol. The van der Waals surface area contributed by atoms with Crippen molar-refractivity contribution in [2.24, 2.45) is 0 Å². The van der Waals surface area contributed by atoms with Crippen molar-refractivity contribution in [2.45, 2.75) is 12.3 Å². The Hall–Kier alpha value is -6.26. The summed E-state index contributed by atoms with van der Waals surface area (Å²) in [6.07, 6.45) is -2.86. The van der Waals surface area contributed by atoms with Gasteiger partial charge in [-0.15, -0.1) is 0 Å². The molecule has 8 rings (SSSR count). The van der Waals surface area contributed by atoms with Gasteiger partial charge in [0.15, 0.2) is 93.1 Å². The van der Waals surface area contributed by atoms with E-state index in [-0.39, 0.29) is 32.7 Å². The number of hydrogen-bond acceptors (Lipinski definition) is 0. The van der Waals surface area contributed by atoms with Gasteiger partial charge in [0.05, 0.1) is 21.2 Å². The van der Waals surface area contributed by atoms with Crippen LogP contribution in [0.2, 0.25) is 0 Å². The third-order valence-corrected chi connectivity index (χ3v) is 15.8. The van der Waals surface area contributed by atoms with Crippen molar-refractivity contribution >= 4 is 58.6 Å². The van der Waals surface area contributed by atoms with Crippen molar-refractivity contribution in [1.29, 1.82) is 0 Å². The Bertz CT molecular complexity index is 2970. The fraction of sp³-hybridized carbons (Fsp3) is 0.0435. The van der Waals surface area contributed by atoms with Crippen LogP contribution in [0.1, 0.15) is 11.1 Å². The topological polar surface area (TPSA) is 0 Å². The van der Waals surface area contributed by atoms with Gasteiger partial charge in [0.25, 0.3) is 0 Å². The third kappa shape index (κ3) is 7.50. The molecule has 68 heavy (non-hydrogen) atoms. The van der Waals surface area contributed by atoms with Gasteiger partial charge in [-0.05, 0) is 59.6 Å². The van der Waals surface area contributed by atoms with Gasteiger partial charge in [0.2, 0.25) is 23.3 Å². The number of rotatable bonds is 9. The number of hydrogen-bond donors (Lipinski definition) is 0. The molecule has 0 bridgehead atoms. The lowest BCUT2D eigenvalue weighted by atomic mass is 9.88. The van der Waals surface area contributed by atoms with Gasteiger partial charge in [-0.1, -0.05) is 72.8 Å². The first-order valence-electron chi connectivity index (χ1n) is 18.7. The van der Waals surface area contributed by atoms with Crippen molar-refractivity contribution in [1.82, 2.24) is 0 Å². The first-order chi connectivity index (χ1) is 32.1. The van der Waals surface area contributed by atoms with Crippen molar-refractivity contribution in [3.63, 3.8) is 0 Å². The van der Waals surface area contributed by atoms with Crippen LogP contribution in [0.3, 0.4) is 0 Å². The molecule has 0 saturated heterocycles. The maximum absolute atomic E-state index is 15.8. The molecular formula is C46H16F20P2. The van der Waals surface area contributed by atoms with E-state index in [1.807, 2.05) is 0 Å². The minimum Gasteiger partial charge on any atom is -0.203 e. The van der Waals surface area contributed by atoms with E-state index in [0.717, 1.165) is 12.1 Å². The van der Waals surface area contributed by atoms with Gasteiger partial charge >= 0.3 is 0 Å². The summed E-state index contributed by atoms with van der Waals surface area (Å²) in [6.45, 7) is 0. The SMILES string of the molecule is Fc1c(F)c(F)c(P(Cc2ccc3ccccc3c2-c2c(CP(c3c(F)c(F)c(F)c(F)c3F)c3c(F)c(F)c(F)c(F)c3F)ccc3ccccc23)c2c(F)c(F)c(F)c(F)c2F)c(F)c1F. The van der Waals surface area contributed by atoms with Crippen LogP contribution in [0, 0.1) is 116 Å². The lowest BCUT2D eigenvalue weighted by molar-refractivity contribution is 0.382. The summed E-state index contributed by atoms with van der Waals surface area (Å²) < 4.78 is 303. The summed E-state index contributed by atoms with van der Waals surface area (Å²) in [7, 11) is -8.13. The van der Waals surface area contributed by atoms with Crippen molar-refractivity contribution in [2.75, 3.05) is 0 Å². The van der Waals surface area contributed by atoms with E-state index in [1.54, 1.807) is 0 Å². The quantitative estimate of drug-likeness (QED) is 0.0585. The summed E-state index contributed by atoms with van der Waals surface area (Å²) in [5.41, 5.74) is -1.84. The molecular weight excluding hydrogens is 994 g/mol. The molecule has 0 amide bonds. The molecule has 8 aromatic rings. The Morgan fingerprint density at radius 2 is 0.441 bits per heavy atom. The highest BCUT2D eigenvalue weighted by molar-refractivity contribution is 7.72. The molecule has 22 heteroatoms. The molecule has 0 radical (unpaired) electrons. The highest BCUT2D eigenvalue weighted by Crippen LogP contribution is 2.51. The lowest BCUT2D eigenvalue weighted by Crippen LogP contribution is -2.29. The second-order valence-electron chi connectivity index (χ2n) is 14.5. The summed E-state index contributed by atoms with van der Waals surface area (Å²) >= 11 is 0. The Balaban J connectivity index is 1.50. The molecule has 0 atom stereocenters. The molecule has 0 spiro atoms. The highest BCUT2D eigenvalue weighted by atomic mass is 31.1. The predicted molar refractivity (Wildman–Crippen MR) is 212 cm³/mol. The van der Waals surface area contributed by atoms with E-state index < -0.39 is 177 Å². The number of fused-ring (bicyclic) bond motifs is 2. The van der Waals surface area contributed by atoms with Crippen LogP contribution in [-0.4, -0.2) is 0 Å². The summed E-state index contributed by atoms with van der Waals surface area (Å²) in [4.78, 5) is 0. The van der Waals surface area contributed by atoms with Crippen LogP contribution in [0.5, 0.6) is 0 Å². The maximum Gasteiger partial charge on any atom is 0.200 e. The summed E-state index contributed by atoms with van der Waals surface area (Å²) in [5.74, 6) is -54.9. The molecule has 0 nitrogen and oxygen atoms in total. The molecule has 0 aromatic heterocycles. The van der Waals surface area contributed by atoms with E-state index in [9.17, 15) is 52.7 Å². The van der Waals surface area contributed by atoms with Crippen LogP contribution < -0.4 is 21.2 Å². The van der Waals surface area contributed by atoms with Gasteiger partial charge in [-0.25, -0.2) is 87.8 Å². The lowest BCUT2D eigenvalue weighted by Gasteiger charge is -2.27. The van der Waals surface area contributed by atoms with Crippen LogP contribution >= 0.6 is 15.8 Å². The fourth-order valence-corrected chi connectivity index (χ4v) is 12.7. The Labute approximate surface area is 369 Å². The maximum atomic E-state index is 15.8. The largest absolute Gasteiger partial charge is 0.203 e. The Morgan fingerprint density at radius 3 is 0.676 bits per heavy atom. The third-order valence-electron chi connectivity index (χ3n) is 10.8. The molecule has 0 unspecified atom stereocenters. The normalized spacial score (nSPS) is 11.9.